The van der Waals surface area contributed by atoms with Gasteiger partial charge in [-0.2, -0.15) is 13.2 Å². The molecule has 0 amide bonds. The summed E-state index contributed by atoms with van der Waals surface area (Å²) in [5, 5.41) is 7.79. The largest absolute Gasteiger partial charge is 0.419 e. The molecule has 0 unspecified atom stereocenters. The van der Waals surface area contributed by atoms with Crippen LogP contribution in [0.3, 0.4) is 0 Å². The van der Waals surface area contributed by atoms with E-state index in [1.165, 1.54) is 12.1 Å². The smallest absolute Gasteiger partial charge is 0.416 e. The van der Waals surface area contributed by atoms with Gasteiger partial charge in [-0.1, -0.05) is 30.3 Å². The van der Waals surface area contributed by atoms with Gasteiger partial charge in [-0.25, -0.2) is 0 Å². The van der Waals surface area contributed by atoms with Gasteiger partial charge in [0.15, 0.2) is 0 Å². The van der Waals surface area contributed by atoms with Crippen molar-refractivity contribution >= 4 is 0 Å². The summed E-state index contributed by atoms with van der Waals surface area (Å²) in [5.41, 5.74) is 7.18. The number of hydrogen-bond acceptors (Lipinski definition) is 4. The molecule has 0 aliphatic carbocycles. The van der Waals surface area contributed by atoms with Crippen LogP contribution in [0.4, 0.5) is 13.2 Å². The van der Waals surface area contributed by atoms with Crippen LogP contribution in [-0.2, 0) is 19.1 Å². The number of hydrogen-bond donors (Lipinski definition) is 1. The zero-order valence-corrected chi connectivity index (χ0v) is 12.5. The summed E-state index contributed by atoms with van der Waals surface area (Å²) in [7, 11) is 0. The second kappa shape index (κ2) is 6.45. The Bertz CT molecular complexity index is 826. The third-order valence-corrected chi connectivity index (χ3v) is 3.57. The molecule has 2 aromatic carbocycles. The molecule has 0 fully saturated rings. The zero-order chi connectivity index (χ0) is 17.2. The van der Waals surface area contributed by atoms with E-state index in [4.69, 9.17) is 10.2 Å². The van der Waals surface area contributed by atoms with E-state index in [1.54, 1.807) is 0 Å². The van der Waals surface area contributed by atoms with Gasteiger partial charge in [-0.15, -0.1) is 10.2 Å². The van der Waals surface area contributed by atoms with Crippen LogP contribution in [-0.4, -0.2) is 10.2 Å². The van der Waals surface area contributed by atoms with E-state index in [0.29, 0.717) is 18.2 Å². The Balaban J connectivity index is 1.88. The standard InChI is InChI=1S/C17H14F3N3O/c18-17(19,20)13-7-5-11(6-8-13)9-12-3-1-2-4-14(12)16-23-22-15(10-21)24-16/h1-8H,9-10,21H2. The summed E-state index contributed by atoms with van der Waals surface area (Å²) in [5.74, 6) is 0.673. The lowest BCUT2D eigenvalue weighted by Gasteiger charge is -2.09. The van der Waals surface area contributed by atoms with E-state index in [1.807, 2.05) is 24.3 Å². The molecular weight excluding hydrogens is 319 g/mol. The summed E-state index contributed by atoms with van der Waals surface area (Å²) in [6.45, 7) is 0.147. The number of alkyl halides is 3. The average molecular weight is 333 g/mol. The summed E-state index contributed by atoms with van der Waals surface area (Å²) in [6.07, 6.45) is -3.88. The zero-order valence-electron chi connectivity index (χ0n) is 12.5. The third-order valence-electron chi connectivity index (χ3n) is 3.57. The lowest BCUT2D eigenvalue weighted by molar-refractivity contribution is -0.137. The quantitative estimate of drug-likeness (QED) is 0.788. The van der Waals surface area contributed by atoms with Crippen molar-refractivity contribution in [1.82, 2.24) is 10.2 Å². The summed E-state index contributed by atoms with van der Waals surface area (Å²) in [6, 6.07) is 12.5. The summed E-state index contributed by atoms with van der Waals surface area (Å²) < 4.78 is 43.4. The van der Waals surface area contributed by atoms with Crippen LogP contribution < -0.4 is 5.73 Å². The molecule has 3 aromatic rings. The molecule has 0 saturated carbocycles. The van der Waals surface area contributed by atoms with Crippen molar-refractivity contribution in [3.63, 3.8) is 0 Å². The molecule has 2 N–H and O–H groups in total. The first-order chi connectivity index (χ1) is 11.5. The maximum atomic E-state index is 12.6. The summed E-state index contributed by atoms with van der Waals surface area (Å²) >= 11 is 0. The van der Waals surface area contributed by atoms with Gasteiger partial charge in [0.25, 0.3) is 0 Å². The molecule has 0 atom stereocenters. The van der Waals surface area contributed by atoms with Crippen LogP contribution in [0.5, 0.6) is 0 Å². The molecular formula is C17H14F3N3O. The van der Waals surface area contributed by atoms with Crippen LogP contribution >= 0.6 is 0 Å². The highest BCUT2D eigenvalue weighted by Gasteiger charge is 2.29. The molecule has 24 heavy (non-hydrogen) atoms. The number of aromatic nitrogens is 2. The van der Waals surface area contributed by atoms with Crippen molar-refractivity contribution in [2.45, 2.75) is 19.1 Å². The minimum absolute atomic E-state index is 0.147. The molecule has 0 aliphatic rings. The van der Waals surface area contributed by atoms with Gasteiger partial charge in [0.2, 0.25) is 11.8 Å². The van der Waals surface area contributed by atoms with E-state index < -0.39 is 11.7 Å². The van der Waals surface area contributed by atoms with Crippen molar-refractivity contribution in [3.8, 4) is 11.5 Å². The Morgan fingerprint density at radius 1 is 0.958 bits per heavy atom. The fourth-order valence-corrected chi connectivity index (χ4v) is 2.36. The number of nitrogens with two attached hydrogens (primary N) is 1. The molecule has 0 saturated heterocycles. The van der Waals surface area contributed by atoms with Gasteiger partial charge >= 0.3 is 6.18 Å². The Morgan fingerprint density at radius 3 is 2.29 bits per heavy atom. The van der Waals surface area contributed by atoms with Crippen molar-refractivity contribution in [2.24, 2.45) is 5.73 Å². The van der Waals surface area contributed by atoms with Crippen molar-refractivity contribution in [1.29, 1.82) is 0 Å². The number of rotatable bonds is 4. The fraction of sp³-hybridized carbons (Fsp3) is 0.176. The molecule has 0 aliphatic heterocycles. The van der Waals surface area contributed by atoms with Crippen LogP contribution in [0, 0.1) is 0 Å². The minimum Gasteiger partial charge on any atom is -0.419 e. The normalized spacial score (nSPS) is 11.7. The highest BCUT2D eigenvalue weighted by Crippen LogP contribution is 2.30. The monoisotopic (exact) mass is 333 g/mol. The first-order valence-electron chi connectivity index (χ1n) is 7.24. The highest BCUT2D eigenvalue weighted by molar-refractivity contribution is 5.59. The minimum atomic E-state index is -4.33. The van der Waals surface area contributed by atoms with Gasteiger partial charge in [-0.05, 0) is 35.7 Å². The maximum absolute atomic E-state index is 12.6. The SMILES string of the molecule is NCc1nnc(-c2ccccc2Cc2ccc(C(F)(F)F)cc2)o1. The Hall–Kier alpha value is -2.67. The first-order valence-corrected chi connectivity index (χ1v) is 7.24. The maximum Gasteiger partial charge on any atom is 0.416 e. The van der Waals surface area contributed by atoms with Gasteiger partial charge in [0.05, 0.1) is 12.1 Å². The molecule has 3 rings (SSSR count). The molecule has 124 valence electrons. The van der Waals surface area contributed by atoms with E-state index in [9.17, 15) is 13.2 Å². The third kappa shape index (κ3) is 3.46. The topological polar surface area (TPSA) is 64.9 Å². The van der Waals surface area contributed by atoms with E-state index in [0.717, 1.165) is 28.8 Å². The van der Waals surface area contributed by atoms with Crippen LogP contribution in [0.15, 0.2) is 52.9 Å². The van der Waals surface area contributed by atoms with Crippen molar-refractivity contribution in [2.75, 3.05) is 0 Å². The molecule has 0 spiro atoms. The van der Waals surface area contributed by atoms with Gasteiger partial charge in [0.1, 0.15) is 0 Å². The Kier molecular flexibility index (Phi) is 4.35. The lowest BCUT2D eigenvalue weighted by Crippen LogP contribution is -2.04. The second-order valence-electron chi connectivity index (χ2n) is 5.23. The second-order valence-corrected chi connectivity index (χ2v) is 5.23. The first kappa shape index (κ1) is 16.2. The van der Waals surface area contributed by atoms with E-state index >= 15 is 0 Å². The Labute approximate surface area is 136 Å². The molecule has 7 heteroatoms. The fourth-order valence-electron chi connectivity index (χ4n) is 2.36. The van der Waals surface area contributed by atoms with Crippen LogP contribution in [0.2, 0.25) is 0 Å². The van der Waals surface area contributed by atoms with E-state index in [2.05, 4.69) is 10.2 Å². The summed E-state index contributed by atoms with van der Waals surface area (Å²) in [4.78, 5) is 0. The predicted octanol–water partition coefficient (Wildman–Crippen LogP) is 3.80. The molecule has 0 radical (unpaired) electrons. The van der Waals surface area contributed by atoms with Gasteiger partial charge in [0, 0.05) is 5.56 Å². The van der Waals surface area contributed by atoms with E-state index in [-0.39, 0.29) is 6.54 Å². The van der Waals surface area contributed by atoms with Gasteiger partial charge < -0.3 is 10.2 Å². The molecule has 1 aromatic heterocycles. The lowest BCUT2D eigenvalue weighted by atomic mass is 9.99. The van der Waals surface area contributed by atoms with Crippen molar-refractivity contribution < 1.29 is 17.6 Å². The number of nitrogens with zero attached hydrogens (tertiary/aromatic N) is 2. The molecule has 4 nitrogen and oxygen atoms in total. The molecule has 0 bridgehead atoms. The number of halogens is 3. The highest BCUT2D eigenvalue weighted by atomic mass is 19.4. The van der Waals surface area contributed by atoms with Crippen molar-refractivity contribution in [3.05, 3.63) is 71.1 Å². The predicted molar refractivity (Wildman–Crippen MR) is 81.9 cm³/mol. The van der Waals surface area contributed by atoms with Gasteiger partial charge in [-0.3, -0.25) is 0 Å². The molecule has 1 heterocycles. The number of benzene rings is 2. The van der Waals surface area contributed by atoms with Crippen LogP contribution in [0.1, 0.15) is 22.6 Å². The average Bonchev–Trinajstić information content (AvgIpc) is 3.04. The Morgan fingerprint density at radius 2 is 1.67 bits per heavy atom. The van der Waals surface area contributed by atoms with Crippen LogP contribution in [0.25, 0.3) is 11.5 Å².